The van der Waals surface area contributed by atoms with E-state index < -0.39 is 17.1 Å². The molecular weight excluding hydrogens is 223 g/mol. The summed E-state index contributed by atoms with van der Waals surface area (Å²) in [5.74, 6) is 0. The van der Waals surface area contributed by atoms with Crippen molar-refractivity contribution in [2.24, 2.45) is 0 Å². The minimum atomic E-state index is -1.49. The smallest absolute Gasteiger partial charge is 0.190 e. The molecule has 0 aliphatic rings. The van der Waals surface area contributed by atoms with E-state index in [2.05, 4.69) is 56.2 Å². The molecule has 0 aliphatic carbocycles. The molecule has 0 aromatic heterocycles. The molecule has 0 saturated heterocycles. The monoisotopic (exact) mass is 250 g/mol. The Morgan fingerprint density at radius 2 is 1.79 bits per heavy atom. The van der Waals surface area contributed by atoms with Gasteiger partial charge in [0.1, 0.15) is 0 Å². The zero-order valence-corrected chi connectivity index (χ0v) is 14.2. The molecule has 1 nitrogen and oxygen atoms in total. The van der Waals surface area contributed by atoms with Crippen molar-refractivity contribution in [2.45, 2.75) is 63.9 Å². The van der Waals surface area contributed by atoms with Crippen LogP contribution in [0.15, 0.2) is 0 Å². The second-order valence-corrected chi connectivity index (χ2v) is 14.8. The van der Waals surface area contributed by atoms with E-state index in [4.69, 9.17) is 4.43 Å². The van der Waals surface area contributed by atoms with Gasteiger partial charge in [-0.15, -0.1) is 9.24 Å². The van der Waals surface area contributed by atoms with Crippen LogP contribution >= 0.6 is 9.24 Å². The van der Waals surface area contributed by atoms with Gasteiger partial charge in [-0.3, -0.25) is 0 Å². The van der Waals surface area contributed by atoms with Crippen LogP contribution in [0.5, 0.6) is 0 Å². The van der Waals surface area contributed by atoms with E-state index in [0.717, 1.165) is 6.42 Å². The summed E-state index contributed by atoms with van der Waals surface area (Å²) in [5, 5.41) is 0. The Hall–Kier alpha value is 0.824. The van der Waals surface area contributed by atoms with Gasteiger partial charge in [0, 0.05) is 0 Å². The average molecular weight is 250 g/mol. The van der Waals surface area contributed by atoms with Crippen molar-refractivity contribution in [2.75, 3.05) is 0 Å². The van der Waals surface area contributed by atoms with E-state index in [1.807, 2.05) is 0 Å². The predicted octanol–water partition coefficient (Wildman–Crippen LogP) is 3.63. The van der Waals surface area contributed by atoms with E-state index in [-0.39, 0.29) is 4.97 Å². The standard InChI is InChI=1S/C10H27OPSi2/c1-8-10(12,13(4)5)11-14(6,7)9(2)3/h9,13H,8,12H2,1-7H3. The lowest BCUT2D eigenvalue weighted by molar-refractivity contribution is 0.220. The summed E-state index contributed by atoms with van der Waals surface area (Å²) in [6, 6.07) is 0. The molecule has 0 radical (unpaired) electrons. The van der Waals surface area contributed by atoms with Gasteiger partial charge in [0.2, 0.25) is 0 Å². The van der Waals surface area contributed by atoms with E-state index in [9.17, 15) is 0 Å². The minimum absolute atomic E-state index is 0.125. The molecule has 4 heteroatoms. The Balaban J connectivity index is 4.61. The zero-order chi connectivity index (χ0) is 11.6. The van der Waals surface area contributed by atoms with E-state index in [1.165, 1.54) is 0 Å². The molecular formula is C10H27OPSi2. The van der Waals surface area contributed by atoms with Gasteiger partial charge >= 0.3 is 0 Å². The maximum Gasteiger partial charge on any atom is 0.190 e. The summed E-state index contributed by atoms with van der Waals surface area (Å²) in [6.45, 7) is 16.2. The van der Waals surface area contributed by atoms with Gasteiger partial charge in [0.05, 0.1) is 13.8 Å². The van der Waals surface area contributed by atoms with Gasteiger partial charge in [-0.1, -0.05) is 33.9 Å². The van der Waals surface area contributed by atoms with E-state index in [1.54, 1.807) is 0 Å². The molecule has 2 unspecified atom stereocenters. The molecule has 0 spiro atoms. The van der Waals surface area contributed by atoms with Crippen LogP contribution in [-0.2, 0) is 4.43 Å². The van der Waals surface area contributed by atoms with Gasteiger partial charge in [-0.25, -0.2) is 0 Å². The van der Waals surface area contributed by atoms with E-state index >= 15 is 0 Å². The van der Waals surface area contributed by atoms with Crippen LogP contribution < -0.4 is 0 Å². The van der Waals surface area contributed by atoms with Crippen LogP contribution in [0, 0.1) is 0 Å². The number of hydrogen-bond donors (Lipinski definition) is 0. The molecule has 0 rings (SSSR count). The molecule has 0 heterocycles. The first-order chi connectivity index (χ1) is 6.15. The Kier molecular flexibility index (Phi) is 5.55. The molecule has 0 amide bonds. The first kappa shape index (κ1) is 14.8. The minimum Gasteiger partial charge on any atom is -0.412 e. The van der Waals surface area contributed by atoms with Crippen LogP contribution in [0.25, 0.3) is 0 Å². The van der Waals surface area contributed by atoms with Crippen LogP contribution in [0.1, 0.15) is 27.2 Å². The van der Waals surface area contributed by atoms with Crippen molar-refractivity contribution in [1.82, 2.24) is 0 Å². The number of hydrogen-bond acceptors (Lipinski definition) is 1. The number of rotatable bonds is 5. The second kappa shape index (κ2) is 5.24. The van der Waals surface area contributed by atoms with Crippen molar-refractivity contribution in [3.63, 3.8) is 0 Å². The highest BCUT2D eigenvalue weighted by molar-refractivity contribution is 7.24. The van der Waals surface area contributed by atoms with Crippen LogP contribution in [-0.4, -0.2) is 22.1 Å². The topological polar surface area (TPSA) is 9.23 Å². The summed E-state index contributed by atoms with van der Waals surface area (Å²) < 4.78 is 6.46. The lowest BCUT2D eigenvalue weighted by atomic mass is 10.5. The molecule has 14 heavy (non-hydrogen) atoms. The lowest BCUT2D eigenvalue weighted by Gasteiger charge is -2.41. The van der Waals surface area contributed by atoms with Crippen LogP contribution in [0.2, 0.25) is 31.7 Å². The highest BCUT2D eigenvalue weighted by atomic mass is 31.0. The van der Waals surface area contributed by atoms with E-state index in [0.29, 0.717) is 5.54 Å². The zero-order valence-electron chi connectivity index (χ0n) is 10.8. The van der Waals surface area contributed by atoms with Crippen molar-refractivity contribution in [1.29, 1.82) is 0 Å². The molecule has 86 valence electrons. The van der Waals surface area contributed by atoms with Crippen molar-refractivity contribution < 1.29 is 4.43 Å². The lowest BCUT2D eigenvalue weighted by Crippen LogP contribution is -2.48. The fraction of sp³-hybridized carbons (Fsp3) is 1.00. The molecule has 2 atom stereocenters. The quantitative estimate of drug-likeness (QED) is 0.535. The molecule has 0 aromatic rings. The molecule has 0 aromatic carbocycles. The van der Waals surface area contributed by atoms with Gasteiger partial charge < -0.3 is 4.43 Å². The maximum absolute atomic E-state index is 6.46. The predicted molar refractivity (Wildman–Crippen MR) is 75.3 cm³/mol. The van der Waals surface area contributed by atoms with Crippen molar-refractivity contribution >= 4 is 26.4 Å². The Bertz CT molecular complexity index is 183. The van der Waals surface area contributed by atoms with Gasteiger partial charge in [-0.2, -0.15) is 0 Å². The largest absolute Gasteiger partial charge is 0.412 e. The van der Waals surface area contributed by atoms with Gasteiger partial charge in [-0.05, 0) is 25.1 Å². The average Bonchev–Trinajstić information content (AvgIpc) is 2.02. The third-order valence-corrected chi connectivity index (χ3v) is 12.5. The molecule has 0 bridgehead atoms. The van der Waals surface area contributed by atoms with Crippen molar-refractivity contribution in [3.05, 3.63) is 0 Å². The molecule has 0 aliphatic heterocycles. The van der Waals surface area contributed by atoms with Crippen LogP contribution in [0.3, 0.4) is 0 Å². The normalized spacial score (nSPS) is 17.6. The summed E-state index contributed by atoms with van der Waals surface area (Å²) in [7, 11) is 0.738. The second-order valence-electron chi connectivity index (χ2n) is 5.32. The summed E-state index contributed by atoms with van der Waals surface area (Å²) in [6.07, 6.45) is 1.13. The first-order valence-corrected chi connectivity index (χ1v) is 12.1. The Labute approximate surface area is 94.9 Å². The fourth-order valence-electron chi connectivity index (χ4n) is 1.21. The molecule has 0 N–H and O–H groups in total. The van der Waals surface area contributed by atoms with Crippen LogP contribution in [0.4, 0.5) is 0 Å². The Morgan fingerprint density at radius 3 is 2.00 bits per heavy atom. The fourth-order valence-corrected chi connectivity index (χ4v) is 6.15. The van der Waals surface area contributed by atoms with Crippen molar-refractivity contribution in [3.8, 4) is 0 Å². The highest BCUT2D eigenvalue weighted by Crippen LogP contribution is 2.35. The molecule has 0 fully saturated rings. The highest BCUT2D eigenvalue weighted by Gasteiger charge is 2.38. The summed E-state index contributed by atoms with van der Waals surface area (Å²) in [4.78, 5) is 0.125. The molecule has 0 saturated carbocycles. The summed E-state index contributed by atoms with van der Waals surface area (Å²) in [5.41, 5.74) is 0.696. The third kappa shape index (κ3) is 3.76. The Morgan fingerprint density at radius 1 is 1.36 bits per heavy atom. The van der Waals surface area contributed by atoms with Gasteiger partial charge in [0.15, 0.2) is 8.32 Å². The maximum atomic E-state index is 6.46. The third-order valence-electron chi connectivity index (χ3n) is 3.37. The van der Waals surface area contributed by atoms with Gasteiger partial charge in [0.25, 0.3) is 0 Å². The summed E-state index contributed by atoms with van der Waals surface area (Å²) >= 11 is 0. The first-order valence-electron chi connectivity index (χ1n) is 5.64. The SMILES string of the molecule is CCC(P)(O[Si](C)(C)C(C)C)[SiH](C)C.